The van der Waals surface area contributed by atoms with Crippen LogP contribution in [0.15, 0.2) is 108 Å². The third-order valence-corrected chi connectivity index (χ3v) is 5.13. The fourth-order valence-electron chi connectivity index (χ4n) is 3.21. The van der Waals surface area contributed by atoms with Gasteiger partial charge in [0.2, 0.25) is 0 Å². The van der Waals surface area contributed by atoms with Crippen molar-refractivity contribution in [1.29, 1.82) is 0 Å². The van der Waals surface area contributed by atoms with Crippen LogP contribution in [0.4, 0.5) is 0 Å². The fourth-order valence-corrected chi connectivity index (χ4v) is 3.21. The maximum Gasteiger partial charge on any atom is 0.271 e. The maximum atomic E-state index is 12.4. The van der Waals surface area contributed by atoms with Gasteiger partial charge in [0.05, 0.1) is 6.21 Å². The molecule has 0 atom stereocenters. The van der Waals surface area contributed by atoms with E-state index in [1.165, 1.54) is 5.56 Å². The molecule has 34 heavy (non-hydrogen) atoms. The van der Waals surface area contributed by atoms with E-state index in [1.807, 2.05) is 66.7 Å². The van der Waals surface area contributed by atoms with Gasteiger partial charge in [-0.05, 0) is 60.0 Å². The van der Waals surface area contributed by atoms with Gasteiger partial charge in [-0.15, -0.1) is 0 Å². The fraction of sp³-hybridized carbons (Fsp3) is 0.103. The summed E-state index contributed by atoms with van der Waals surface area (Å²) in [6.45, 7) is 3.02. The van der Waals surface area contributed by atoms with Gasteiger partial charge in [0.25, 0.3) is 5.91 Å². The van der Waals surface area contributed by atoms with Crippen LogP contribution >= 0.6 is 0 Å². The molecule has 0 aliphatic heterocycles. The number of nitrogens with one attached hydrogen (secondary N) is 1. The van der Waals surface area contributed by atoms with Gasteiger partial charge in [0.15, 0.2) is 0 Å². The number of carbonyl (C=O) groups excluding carboxylic acids is 1. The first-order chi connectivity index (χ1) is 16.7. The number of aryl methyl sites for hydroxylation is 1. The third kappa shape index (κ3) is 6.81. The Labute approximate surface area is 199 Å². The smallest absolute Gasteiger partial charge is 0.271 e. The monoisotopic (exact) mass is 450 g/mol. The average molecular weight is 451 g/mol. The number of hydrogen-bond donors (Lipinski definition) is 1. The number of hydrazone groups is 1. The Balaban J connectivity index is 1.26. The Morgan fingerprint density at radius 2 is 1.44 bits per heavy atom. The van der Waals surface area contributed by atoms with E-state index in [2.05, 4.69) is 29.6 Å². The van der Waals surface area contributed by atoms with Crippen LogP contribution < -0.4 is 14.9 Å². The van der Waals surface area contributed by atoms with Crippen molar-refractivity contribution in [3.05, 3.63) is 131 Å². The second-order valence-corrected chi connectivity index (χ2v) is 7.84. The lowest BCUT2D eigenvalue weighted by Crippen LogP contribution is -2.17. The van der Waals surface area contributed by atoms with Crippen LogP contribution in [0, 0.1) is 6.92 Å². The number of rotatable bonds is 9. The highest BCUT2D eigenvalue weighted by atomic mass is 16.5. The van der Waals surface area contributed by atoms with Crippen LogP contribution in [0.1, 0.15) is 32.6 Å². The largest absolute Gasteiger partial charge is 0.489 e. The summed E-state index contributed by atoms with van der Waals surface area (Å²) in [6.07, 6.45) is 1.59. The number of ether oxygens (including phenoxy) is 2. The first-order valence-electron chi connectivity index (χ1n) is 11.0. The van der Waals surface area contributed by atoms with Crippen LogP contribution in [0.5, 0.6) is 11.5 Å². The molecule has 5 nitrogen and oxygen atoms in total. The minimum Gasteiger partial charge on any atom is -0.489 e. The number of benzene rings is 4. The van der Waals surface area contributed by atoms with E-state index in [0.29, 0.717) is 24.5 Å². The van der Waals surface area contributed by atoms with E-state index >= 15 is 0 Å². The van der Waals surface area contributed by atoms with Crippen LogP contribution in [-0.4, -0.2) is 12.1 Å². The number of amides is 1. The zero-order valence-electron chi connectivity index (χ0n) is 19.0. The molecule has 0 heterocycles. The zero-order valence-corrected chi connectivity index (χ0v) is 19.0. The second kappa shape index (κ2) is 11.5. The minimum atomic E-state index is -0.294. The van der Waals surface area contributed by atoms with Crippen molar-refractivity contribution in [2.45, 2.75) is 20.1 Å². The van der Waals surface area contributed by atoms with Gasteiger partial charge in [-0.1, -0.05) is 72.3 Å². The maximum absolute atomic E-state index is 12.4. The highest BCUT2D eigenvalue weighted by molar-refractivity contribution is 5.95. The molecule has 0 radical (unpaired) electrons. The summed E-state index contributed by atoms with van der Waals surface area (Å²) < 4.78 is 11.6. The number of nitrogens with zero attached hydrogens (tertiary/aromatic N) is 1. The molecular weight excluding hydrogens is 424 g/mol. The molecule has 5 heteroatoms. The summed E-state index contributed by atoms with van der Waals surface area (Å²) in [7, 11) is 0. The molecule has 0 aliphatic carbocycles. The van der Waals surface area contributed by atoms with Gasteiger partial charge in [0.1, 0.15) is 24.7 Å². The Morgan fingerprint density at radius 3 is 2.18 bits per heavy atom. The van der Waals surface area contributed by atoms with E-state index in [1.54, 1.807) is 30.5 Å². The summed E-state index contributed by atoms with van der Waals surface area (Å²) in [5.41, 5.74) is 7.29. The molecule has 0 aromatic heterocycles. The Kier molecular flexibility index (Phi) is 7.70. The Bertz CT molecular complexity index is 1230. The van der Waals surface area contributed by atoms with Crippen molar-refractivity contribution in [1.82, 2.24) is 5.43 Å². The number of hydrogen-bond acceptors (Lipinski definition) is 4. The van der Waals surface area contributed by atoms with Crippen molar-refractivity contribution < 1.29 is 14.3 Å². The molecule has 170 valence electrons. The number of carbonyl (C=O) groups is 1. The lowest BCUT2D eigenvalue weighted by Gasteiger charge is -2.07. The first kappa shape index (κ1) is 22.8. The second-order valence-electron chi connectivity index (χ2n) is 7.84. The average Bonchev–Trinajstić information content (AvgIpc) is 2.88. The quantitative estimate of drug-likeness (QED) is 0.254. The van der Waals surface area contributed by atoms with Gasteiger partial charge in [-0.2, -0.15) is 5.10 Å². The summed E-state index contributed by atoms with van der Waals surface area (Å²) in [4.78, 5) is 12.4. The lowest BCUT2D eigenvalue weighted by atomic mass is 10.2. The minimum absolute atomic E-state index is 0.294. The van der Waals surface area contributed by atoms with Crippen LogP contribution in [0.2, 0.25) is 0 Å². The molecule has 1 N–H and O–H groups in total. The predicted octanol–water partition coefficient (Wildman–Crippen LogP) is 5.92. The van der Waals surface area contributed by atoms with E-state index in [0.717, 1.165) is 22.4 Å². The van der Waals surface area contributed by atoms with E-state index in [9.17, 15) is 4.79 Å². The summed E-state index contributed by atoms with van der Waals surface area (Å²) >= 11 is 0. The molecule has 4 aromatic rings. The van der Waals surface area contributed by atoms with Crippen LogP contribution in [-0.2, 0) is 13.2 Å². The Morgan fingerprint density at radius 1 is 0.765 bits per heavy atom. The van der Waals surface area contributed by atoms with E-state index in [-0.39, 0.29) is 5.91 Å². The standard InChI is InChI=1S/C29H26N2O3/c1-22-10-12-24(13-11-22)21-33-27-16-14-26(15-17-27)29(32)31-30-19-25-8-5-9-28(18-25)34-20-23-6-3-2-4-7-23/h2-19H,20-21H2,1H3,(H,31,32)/b30-19-. The molecule has 0 spiro atoms. The molecule has 0 saturated heterocycles. The van der Waals surface area contributed by atoms with Crippen LogP contribution in [0.3, 0.4) is 0 Å². The predicted molar refractivity (Wildman–Crippen MR) is 134 cm³/mol. The normalized spacial score (nSPS) is 10.7. The van der Waals surface area contributed by atoms with E-state index < -0.39 is 0 Å². The molecule has 0 fully saturated rings. The highest BCUT2D eigenvalue weighted by Gasteiger charge is 2.05. The van der Waals surface area contributed by atoms with Gasteiger partial charge in [0, 0.05) is 5.56 Å². The zero-order chi connectivity index (χ0) is 23.6. The first-order valence-corrected chi connectivity index (χ1v) is 11.0. The van der Waals surface area contributed by atoms with Crippen molar-refractivity contribution in [3.63, 3.8) is 0 Å². The van der Waals surface area contributed by atoms with Crippen molar-refractivity contribution in [3.8, 4) is 11.5 Å². The van der Waals surface area contributed by atoms with Gasteiger partial charge < -0.3 is 9.47 Å². The van der Waals surface area contributed by atoms with Gasteiger partial charge in [-0.3, -0.25) is 4.79 Å². The van der Waals surface area contributed by atoms with Gasteiger partial charge >= 0.3 is 0 Å². The highest BCUT2D eigenvalue weighted by Crippen LogP contribution is 2.16. The molecule has 0 aliphatic rings. The third-order valence-electron chi connectivity index (χ3n) is 5.13. The van der Waals surface area contributed by atoms with Gasteiger partial charge in [-0.25, -0.2) is 5.43 Å². The Hall–Kier alpha value is -4.38. The molecule has 0 saturated carbocycles. The summed E-state index contributed by atoms with van der Waals surface area (Å²) in [5, 5.41) is 4.07. The molecule has 4 aromatic carbocycles. The lowest BCUT2D eigenvalue weighted by molar-refractivity contribution is 0.0955. The molecule has 4 rings (SSSR count). The van der Waals surface area contributed by atoms with Crippen molar-refractivity contribution >= 4 is 12.1 Å². The molecule has 1 amide bonds. The van der Waals surface area contributed by atoms with Crippen LogP contribution in [0.25, 0.3) is 0 Å². The van der Waals surface area contributed by atoms with Crippen molar-refractivity contribution in [2.24, 2.45) is 5.10 Å². The van der Waals surface area contributed by atoms with Crippen molar-refractivity contribution in [2.75, 3.05) is 0 Å². The SMILES string of the molecule is Cc1ccc(COc2ccc(C(=O)N/N=C\c3cccc(OCc4ccccc4)c3)cc2)cc1. The summed E-state index contributed by atoms with van der Waals surface area (Å²) in [5.74, 6) is 1.14. The summed E-state index contributed by atoms with van der Waals surface area (Å²) in [6, 6.07) is 32.7. The van der Waals surface area contributed by atoms with E-state index in [4.69, 9.17) is 9.47 Å². The topological polar surface area (TPSA) is 59.9 Å². The molecular formula is C29H26N2O3. The molecule has 0 bridgehead atoms. The molecule has 0 unspecified atom stereocenters.